The molecule has 0 saturated heterocycles. The molecule has 1 aliphatic carbocycles. The van der Waals surface area contributed by atoms with Gasteiger partial charge < -0.3 is 13.6 Å². The number of hydrogen-bond acceptors (Lipinski definition) is 4. The van der Waals surface area contributed by atoms with Gasteiger partial charge in [0.25, 0.3) is 0 Å². The summed E-state index contributed by atoms with van der Waals surface area (Å²) in [6.45, 7) is 4.27. The Labute approximate surface area is 156 Å². The van der Waals surface area contributed by atoms with E-state index in [0.717, 1.165) is 17.4 Å². The molecule has 2 atom stereocenters. The summed E-state index contributed by atoms with van der Waals surface area (Å²) in [6, 6.07) is 13.9. The van der Waals surface area contributed by atoms with Crippen LogP contribution in [0.1, 0.15) is 29.2 Å². The van der Waals surface area contributed by atoms with Crippen LogP contribution in [0.3, 0.4) is 0 Å². The fraction of sp³-hybridized carbons (Fsp3) is 0.261. The molecule has 1 saturated carbocycles. The molecule has 0 radical (unpaired) electrons. The highest BCUT2D eigenvalue weighted by atomic mass is 16.5. The Kier molecular flexibility index (Phi) is 3.61. The Balaban J connectivity index is 1.53. The van der Waals surface area contributed by atoms with Crippen molar-refractivity contribution in [1.29, 1.82) is 0 Å². The van der Waals surface area contributed by atoms with E-state index in [-0.39, 0.29) is 5.43 Å². The van der Waals surface area contributed by atoms with Crippen molar-refractivity contribution >= 4 is 21.9 Å². The average Bonchev–Trinajstić information content (AvgIpc) is 3.26. The first-order chi connectivity index (χ1) is 13.1. The smallest absolute Gasteiger partial charge is 0.206 e. The third-order valence-corrected chi connectivity index (χ3v) is 5.52. The lowest BCUT2D eigenvalue weighted by molar-refractivity contribution is 0.294. The predicted molar refractivity (Wildman–Crippen MR) is 105 cm³/mol. The van der Waals surface area contributed by atoms with Gasteiger partial charge in [0.15, 0.2) is 16.6 Å². The van der Waals surface area contributed by atoms with Gasteiger partial charge in [-0.1, -0.05) is 30.3 Å². The normalized spacial score (nSPS) is 18.9. The third-order valence-electron chi connectivity index (χ3n) is 5.52. The molecule has 0 bridgehead atoms. The van der Waals surface area contributed by atoms with Crippen LogP contribution < -0.4 is 10.2 Å². The van der Waals surface area contributed by atoms with Crippen LogP contribution in [-0.4, -0.2) is 6.61 Å². The van der Waals surface area contributed by atoms with Crippen LogP contribution in [0.25, 0.3) is 21.9 Å². The summed E-state index contributed by atoms with van der Waals surface area (Å²) in [5.41, 5.74) is 3.30. The molecule has 2 aromatic heterocycles. The van der Waals surface area contributed by atoms with Crippen LogP contribution in [0.2, 0.25) is 0 Å². The highest BCUT2D eigenvalue weighted by molar-refractivity contribution is 6.03. The van der Waals surface area contributed by atoms with Crippen molar-refractivity contribution in [3.8, 4) is 5.75 Å². The largest absolute Gasteiger partial charge is 0.486 e. The maximum atomic E-state index is 12.6. The molecule has 136 valence electrons. The van der Waals surface area contributed by atoms with Gasteiger partial charge in [-0.25, -0.2) is 0 Å². The first-order valence-corrected chi connectivity index (χ1v) is 9.25. The summed E-state index contributed by atoms with van der Waals surface area (Å²) < 4.78 is 17.8. The number of benzene rings is 2. The summed E-state index contributed by atoms with van der Waals surface area (Å²) in [7, 11) is 0. The summed E-state index contributed by atoms with van der Waals surface area (Å²) >= 11 is 0. The Bertz CT molecular complexity index is 1200. The fourth-order valence-corrected chi connectivity index (χ4v) is 4.01. The van der Waals surface area contributed by atoms with Gasteiger partial charge in [0.2, 0.25) is 5.75 Å². The van der Waals surface area contributed by atoms with E-state index in [1.165, 1.54) is 11.6 Å². The van der Waals surface area contributed by atoms with Crippen molar-refractivity contribution in [3.05, 3.63) is 75.8 Å². The Morgan fingerprint density at radius 2 is 1.93 bits per heavy atom. The zero-order valence-corrected chi connectivity index (χ0v) is 15.3. The molecular weight excluding hydrogens is 340 g/mol. The highest BCUT2D eigenvalue weighted by Gasteiger charge is 2.39. The molecule has 0 aliphatic heterocycles. The molecule has 1 fully saturated rings. The molecule has 1 aliphatic rings. The second kappa shape index (κ2) is 6.02. The standard InChI is InChI=1S/C23H20O4/c1-13-10-19(24)20-14(2)17-8-9-25-21(17)23(22(20)27-13)26-12-16-11-18(16)15-6-4-3-5-7-15/h3-10,16,18H,11-12H2,1-2H3. The minimum atomic E-state index is -0.0483. The van der Waals surface area contributed by atoms with E-state index in [1.54, 1.807) is 13.2 Å². The van der Waals surface area contributed by atoms with Gasteiger partial charge in [-0.3, -0.25) is 4.79 Å². The molecule has 4 heteroatoms. The van der Waals surface area contributed by atoms with E-state index in [9.17, 15) is 4.79 Å². The van der Waals surface area contributed by atoms with Gasteiger partial charge in [0.1, 0.15) is 5.76 Å². The van der Waals surface area contributed by atoms with Crippen molar-refractivity contribution in [3.63, 3.8) is 0 Å². The zero-order chi connectivity index (χ0) is 18.5. The minimum Gasteiger partial charge on any atom is -0.486 e. The third kappa shape index (κ3) is 2.64. The van der Waals surface area contributed by atoms with Crippen molar-refractivity contribution < 1.29 is 13.6 Å². The maximum absolute atomic E-state index is 12.6. The van der Waals surface area contributed by atoms with Crippen LogP contribution in [0.5, 0.6) is 5.75 Å². The van der Waals surface area contributed by atoms with Gasteiger partial charge in [0, 0.05) is 17.4 Å². The molecule has 5 rings (SSSR count). The van der Waals surface area contributed by atoms with Crippen molar-refractivity contribution in [1.82, 2.24) is 0 Å². The lowest BCUT2D eigenvalue weighted by atomic mass is 10.0. The number of ether oxygens (including phenoxy) is 1. The number of fused-ring (bicyclic) bond motifs is 2. The Morgan fingerprint density at radius 3 is 2.74 bits per heavy atom. The number of hydrogen-bond donors (Lipinski definition) is 0. The van der Waals surface area contributed by atoms with Gasteiger partial charge in [-0.15, -0.1) is 0 Å². The second-order valence-electron chi connectivity index (χ2n) is 7.37. The Hall–Kier alpha value is -3.01. The zero-order valence-electron chi connectivity index (χ0n) is 15.3. The topological polar surface area (TPSA) is 52.6 Å². The lowest BCUT2D eigenvalue weighted by Crippen LogP contribution is -2.07. The summed E-state index contributed by atoms with van der Waals surface area (Å²) in [5, 5.41) is 1.46. The van der Waals surface area contributed by atoms with Crippen LogP contribution in [0.4, 0.5) is 0 Å². The first-order valence-electron chi connectivity index (χ1n) is 9.25. The van der Waals surface area contributed by atoms with Crippen molar-refractivity contribution in [2.24, 2.45) is 5.92 Å². The van der Waals surface area contributed by atoms with Crippen molar-refractivity contribution in [2.75, 3.05) is 6.61 Å². The van der Waals surface area contributed by atoms with Crippen molar-refractivity contribution in [2.45, 2.75) is 26.2 Å². The summed E-state index contributed by atoms with van der Waals surface area (Å²) in [6.07, 6.45) is 2.74. The molecule has 4 aromatic rings. The average molecular weight is 360 g/mol. The lowest BCUT2D eigenvalue weighted by Gasteiger charge is -2.12. The fourth-order valence-electron chi connectivity index (χ4n) is 4.01. The quantitative estimate of drug-likeness (QED) is 0.493. The minimum absolute atomic E-state index is 0.0483. The van der Waals surface area contributed by atoms with Crippen LogP contribution in [-0.2, 0) is 0 Å². The maximum Gasteiger partial charge on any atom is 0.206 e. The summed E-state index contributed by atoms with van der Waals surface area (Å²) in [5.74, 6) is 2.10. The second-order valence-corrected chi connectivity index (χ2v) is 7.37. The van der Waals surface area contributed by atoms with Gasteiger partial charge in [0.05, 0.1) is 18.3 Å². The van der Waals surface area contributed by atoms with E-state index in [0.29, 0.717) is 46.5 Å². The number of rotatable bonds is 4. The van der Waals surface area contributed by atoms with Gasteiger partial charge in [-0.05, 0) is 43.4 Å². The molecule has 2 aromatic carbocycles. The van der Waals surface area contributed by atoms with E-state index in [1.807, 2.05) is 19.1 Å². The molecule has 2 heterocycles. The highest BCUT2D eigenvalue weighted by Crippen LogP contribution is 2.48. The van der Waals surface area contributed by atoms with Crippen LogP contribution in [0, 0.1) is 19.8 Å². The van der Waals surface area contributed by atoms with Crippen LogP contribution in [0.15, 0.2) is 62.4 Å². The summed E-state index contributed by atoms with van der Waals surface area (Å²) in [4.78, 5) is 12.6. The molecule has 0 N–H and O–H groups in total. The van der Waals surface area contributed by atoms with E-state index >= 15 is 0 Å². The molecule has 0 spiro atoms. The van der Waals surface area contributed by atoms with E-state index < -0.39 is 0 Å². The molecule has 27 heavy (non-hydrogen) atoms. The predicted octanol–water partition coefficient (Wildman–Crippen LogP) is 5.34. The Morgan fingerprint density at radius 1 is 1.11 bits per heavy atom. The monoisotopic (exact) mass is 360 g/mol. The number of aryl methyl sites for hydroxylation is 2. The molecule has 0 amide bonds. The molecular formula is C23H20O4. The molecule has 2 unspecified atom stereocenters. The van der Waals surface area contributed by atoms with Gasteiger partial charge in [-0.2, -0.15) is 0 Å². The van der Waals surface area contributed by atoms with Gasteiger partial charge >= 0.3 is 0 Å². The first kappa shape index (κ1) is 16.2. The molecule has 4 nitrogen and oxygen atoms in total. The SMILES string of the molecule is Cc1cc(=O)c2c(C)c3ccoc3c(OCC3CC3c3ccccc3)c2o1. The number of furan rings is 1. The van der Waals surface area contributed by atoms with E-state index in [2.05, 4.69) is 24.3 Å². The van der Waals surface area contributed by atoms with E-state index in [4.69, 9.17) is 13.6 Å². The van der Waals surface area contributed by atoms with Crippen LogP contribution >= 0.6 is 0 Å².